The number of benzene rings is 3. The number of amides is 3. The van der Waals surface area contributed by atoms with Gasteiger partial charge in [0.05, 0.1) is 19.2 Å². The summed E-state index contributed by atoms with van der Waals surface area (Å²) in [5.74, 6) is -1.58. The lowest BCUT2D eigenvalue weighted by Gasteiger charge is -2.13. The number of hydrogen-bond donors (Lipinski definition) is 2. The molecule has 1 fully saturated rings. The van der Waals surface area contributed by atoms with Crippen LogP contribution in [0.25, 0.3) is 16.8 Å². The van der Waals surface area contributed by atoms with Crippen LogP contribution in [0.1, 0.15) is 37.8 Å². The molecule has 0 aliphatic carbocycles. The molecule has 0 radical (unpaired) electrons. The summed E-state index contributed by atoms with van der Waals surface area (Å²) >= 11 is 0. The van der Waals surface area contributed by atoms with Crippen molar-refractivity contribution in [2.75, 3.05) is 7.11 Å². The van der Waals surface area contributed by atoms with E-state index in [1.165, 1.54) is 31.4 Å². The molecule has 0 unspecified atom stereocenters. The van der Waals surface area contributed by atoms with E-state index in [-0.39, 0.29) is 35.9 Å². The summed E-state index contributed by atoms with van der Waals surface area (Å²) in [6, 6.07) is 19.8. The number of carboxylic acid groups (broad SMARTS) is 1. The number of ether oxygens (including phenoxy) is 2. The maximum Gasteiger partial charge on any atom is 0.373 e. The molecule has 5 rings (SSSR count). The van der Waals surface area contributed by atoms with Crippen molar-refractivity contribution >= 4 is 40.7 Å². The summed E-state index contributed by atoms with van der Waals surface area (Å²) < 4.78 is 16.1. The zero-order valence-corrected chi connectivity index (χ0v) is 20.7. The Bertz CT molecular complexity index is 1630. The first-order valence-corrected chi connectivity index (χ1v) is 11.8. The fourth-order valence-electron chi connectivity index (χ4n) is 4.14. The lowest BCUT2D eigenvalue weighted by Crippen LogP contribution is -2.30. The second-order valence-electron chi connectivity index (χ2n) is 8.63. The molecular weight excluding hydrogens is 504 g/mol. The summed E-state index contributed by atoms with van der Waals surface area (Å²) in [7, 11) is 1.22. The molecule has 0 saturated carbocycles. The maximum absolute atomic E-state index is 13.2. The minimum atomic E-state index is -1.01. The number of furan rings is 1. The van der Waals surface area contributed by atoms with Gasteiger partial charge in [0.15, 0.2) is 0 Å². The van der Waals surface area contributed by atoms with Gasteiger partial charge in [-0.1, -0.05) is 42.5 Å². The Morgan fingerprint density at radius 2 is 1.77 bits per heavy atom. The second kappa shape index (κ2) is 10.5. The van der Waals surface area contributed by atoms with Crippen molar-refractivity contribution in [3.05, 3.63) is 107 Å². The van der Waals surface area contributed by atoms with Gasteiger partial charge in [-0.2, -0.15) is 0 Å². The summed E-state index contributed by atoms with van der Waals surface area (Å²) in [4.78, 5) is 49.6. The van der Waals surface area contributed by atoms with E-state index in [9.17, 15) is 19.2 Å². The molecule has 0 spiro atoms. The number of urea groups is 1. The third-order valence-electron chi connectivity index (χ3n) is 6.14. The zero-order chi connectivity index (χ0) is 27.5. The Morgan fingerprint density at radius 1 is 1.00 bits per heavy atom. The normalized spacial score (nSPS) is 14.1. The Balaban J connectivity index is 1.42. The first kappa shape index (κ1) is 25.3. The molecule has 2 heterocycles. The van der Waals surface area contributed by atoms with Crippen molar-refractivity contribution in [1.82, 2.24) is 10.2 Å². The molecule has 1 saturated heterocycles. The molecule has 10 heteroatoms. The summed E-state index contributed by atoms with van der Waals surface area (Å²) in [6.45, 7) is -0.0217. The Morgan fingerprint density at radius 3 is 2.51 bits per heavy atom. The topological polar surface area (TPSA) is 135 Å². The van der Waals surface area contributed by atoms with Crippen LogP contribution < -0.4 is 10.1 Å². The van der Waals surface area contributed by atoms with Crippen molar-refractivity contribution in [1.29, 1.82) is 0 Å². The van der Waals surface area contributed by atoms with Gasteiger partial charge in [0, 0.05) is 5.56 Å². The fraction of sp³-hybridized carbons (Fsp3) is 0.103. The van der Waals surface area contributed by atoms with E-state index >= 15 is 0 Å². The number of imide groups is 1. The van der Waals surface area contributed by atoms with Gasteiger partial charge in [-0.3, -0.25) is 9.69 Å². The fourth-order valence-corrected chi connectivity index (χ4v) is 4.14. The van der Waals surface area contributed by atoms with E-state index in [4.69, 9.17) is 14.3 Å². The smallest absolute Gasteiger partial charge is 0.373 e. The van der Waals surface area contributed by atoms with E-state index in [0.29, 0.717) is 11.3 Å². The van der Waals surface area contributed by atoms with Gasteiger partial charge in [0.25, 0.3) is 5.91 Å². The van der Waals surface area contributed by atoms with Crippen molar-refractivity contribution in [3.63, 3.8) is 0 Å². The van der Waals surface area contributed by atoms with Gasteiger partial charge in [0.2, 0.25) is 5.76 Å². The highest BCUT2D eigenvalue weighted by molar-refractivity contribution is 6.14. The van der Waals surface area contributed by atoms with E-state index in [1.807, 2.05) is 30.3 Å². The molecule has 2 N–H and O–H groups in total. The van der Waals surface area contributed by atoms with Crippen LogP contribution in [-0.4, -0.2) is 41.0 Å². The number of carbonyl (C=O) groups excluding carboxylic acids is 3. The van der Waals surface area contributed by atoms with Gasteiger partial charge in [-0.25, -0.2) is 14.4 Å². The molecule has 196 valence electrons. The van der Waals surface area contributed by atoms with Crippen LogP contribution in [0, 0.1) is 0 Å². The third kappa shape index (κ3) is 5.21. The largest absolute Gasteiger partial charge is 0.488 e. The van der Waals surface area contributed by atoms with Crippen LogP contribution in [0.15, 0.2) is 82.9 Å². The Kier molecular flexibility index (Phi) is 6.83. The maximum atomic E-state index is 13.2. The highest BCUT2D eigenvalue weighted by Crippen LogP contribution is 2.32. The predicted octanol–water partition coefficient (Wildman–Crippen LogP) is 4.59. The van der Waals surface area contributed by atoms with Crippen molar-refractivity contribution < 1.29 is 38.2 Å². The number of rotatable bonds is 8. The minimum absolute atomic E-state index is 0.0366. The molecule has 3 aromatic carbocycles. The minimum Gasteiger partial charge on any atom is -0.488 e. The number of hydrogen-bond acceptors (Lipinski definition) is 7. The molecule has 1 aliphatic heterocycles. The number of methoxy groups -OCH3 is 1. The predicted molar refractivity (Wildman–Crippen MR) is 139 cm³/mol. The number of nitrogens with zero attached hydrogens (tertiary/aromatic N) is 1. The highest BCUT2D eigenvalue weighted by Gasteiger charge is 2.34. The Hall–Kier alpha value is -5.38. The van der Waals surface area contributed by atoms with Crippen LogP contribution in [0.3, 0.4) is 0 Å². The number of carboxylic acids is 1. The van der Waals surface area contributed by atoms with Crippen molar-refractivity contribution in [2.24, 2.45) is 0 Å². The number of aromatic carboxylic acids is 1. The molecule has 1 aliphatic rings. The van der Waals surface area contributed by atoms with Crippen LogP contribution >= 0.6 is 0 Å². The molecule has 1 aromatic heterocycles. The van der Waals surface area contributed by atoms with Crippen LogP contribution in [-0.2, 0) is 22.7 Å². The zero-order valence-electron chi connectivity index (χ0n) is 20.7. The van der Waals surface area contributed by atoms with Gasteiger partial charge in [-0.15, -0.1) is 0 Å². The van der Waals surface area contributed by atoms with Crippen LogP contribution in [0.4, 0.5) is 4.79 Å². The lowest BCUT2D eigenvalue weighted by atomic mass is 10.0. The van der Waals surface area contributed by atoms with Gasteiger partial charge >= 0.3 is 18.0 Å². The number of esters is 1. The number of nitrogens with one attached hydrogen (secondary N) is 1. The van der Waals surface area contributed by atoms with E-state index < -0.39 is 23.9 Å². The van der Waals surface area contributed by atoms with E-state index in [2.05, 4.69) is 10.1 Å². The summed E-state index contributed by atoms with van der Waals surface area (Å²) in [5.41, 5.74) is 1.57. The SMILES string of the molecule is COC(=O)c1ccc(CN2C(=O)N/C(=C\c3c(OCc4ccc(C(=O)O)cc4)ccc4ccccc34)C2=O)o1. The summed E-state index contributed by atoms with van der Waals surface area (Å²) in [6.07, 6.45) is 1.56. The number of fused-ring (bicyclic) bond motifs is 1. The van der Waals surface area contributed by atoms with Crippen LogP contribution in [0.2, 0.25) is 0 Å². The molecule has 0 bridgehead atoms. The molecule has 0 atom stereocenters. The number of carbonyl (C=O) groups is 4. The molecular formula is C29H22N2O8. The van der Waals surface area contributed by atoms with Gasteiger partial charge in [0.1, 0.15) is 23.8 Å². The Labute approximate surface area is 222 Å². The van der Waals surface area contributed by atoms with Crippen molar-refractivity contribution in [2.45, 2.75) is 13.2 Å². The quantitative estimate of drug-likeness (QED) is 0.193. The molecule has 3 amide bonds. The lowest BCUT2D eigenvalue weighted by molar-refractivity contribution is -0.123. The van der Waals surface area contributed by atoms with E-state index in [1.54, 1.807) is 24.3 Å². The first-order valence-electron chi connectivity index (χ1n) is 11.8. The molecule has 4 aromatic rings. The van der Waals surface area contributed by atoms with E-state index in [0.717, 1.165) is 21.2 Å². The average molecular weight is 527 g/mol. The van der Waals surface area contributed by atoms with Gasteiger partial charge in [-0.05, 0) is 52.7 Å². The molecule has 39 heavy (non-hydrogen) atoms. The molecule has 10 nitrogen and oxygen atoms in total. The summed E-state index contributed by atoms with van der Waals surface area (Å²) in [5, 5.41) is 13.4. The average Bonchev–Trinajstić information content (AvgIpc) is 3.52. The van der Waals surface area contributed by atoms with Crippen LogP contribution in [0.5, 0.6) is 5.75 Å². The third-order valence-corrected chi connectivity index (χ3v) is 6.14. The second-order valence-corrected chi connectivity index (χ2v) is 8.63. The van der Waals surface area contributed by atoms with Gasteiger partial charge < -0.3 is 24.3 Å². The van der Waals surface area contributed by atoms with Crippen molar-refractivity contribution in [3.8, 4) is 5.75 Å². The standard InChI is InChI=1S/C29H22N2O8/c1-37-28(35)25-13-11-20(39-25)15-31-26(32)23(30-29(31)36)14-22-21-5-3-2-4-18(21)10-12-24(22)38-16-17-6-8-19(9-7-17)27(33)34/h2-14H,15-16H2,1H3,(H,30,36)(H,33,34)/b23-14-. The highest BCUT2D eigenvalue weighted by atomic mass is 16.5. The monoisotopic (exact) mass is 526 g/mol. The first-order chi connectivity index (χ1) is 18.8.